The number of rotatable bonds is 10. The molecule has 0 aliphatic heterocycles. The molecule has 192 valence electrons. The molecule has 2 aromatic carbocycles. The largest absolute Gasteiger partial charge is 0.453 e. The van der Waals surface area contributed by atoms with Crippen molar-refractivity contribution in [3.05, 3.63) is 91.9 Å². The van der Waals surface area contributed by atoms with Gasteiger partial charge in [-0.3, -0.25) is 14.9 Å². The Labute approximate surface area is 215 Å². The number of hydrogen-bond donors (Lipinski definition) is 2. The summed E-state index contributed by atoms with van der Waals surface area (Å²) in [4.78, 5) is 40.4. The van der Waals surface area contributed by atoms with Crippen LogP contribution in [-0.4, -0.2) is 35.1 Å². The topological polar surface area (TPSA) is 123 Å². The monoisotopic (exact) mass is 512 g/mol. The van der Waals surface area contributed by atoms with Gasteiger partial charge in [0.05, 0.1) is 28.8 Å². The zero-order chi connectivity index (χ0) is 26.5. The second kappa shape index (κ2) is 14.6. The number of ether oxygens (including phenoxy) is 1. The molecule has 1 aromatic heterocycles. The summed E-state index contributed by atoms with van der Waals surface area (Å²) >= 11 is 1.51. The first-order valence-corrected chi connectivity index (χ1v) is 12.6. The number of hydrogen-bond acceptors (Lipinski definition) is 7. The Kier molecular flexibility index (Phi) is 11.5. The van der Waals surface area contributed by atoms with E-state index in [1.807, 2.05) is 56.5 Å². The van der Waals surface area contributed by atoms with Crippen LogP contribution < -0.4 is 10.6 Å². The number of thiazole rings is 1. The average molecular weight is 513 g/mol. The Morgan fingerprint density at radius 1 is 1.03 bits per heavy atom. The number of carbonyl (C=O) groups excluding carboxylic acids is 2. The van der Waals surface area contributed by atoms with Gasteiger partial charge in [-0.15, -0.1) is 11.3 Å². The van der Waals surface area contributed by atoms with E-state index in [1.165, 1.54) is 30.6 Å². The number of amides is 2. The van der Waals surface area contributed by atoms with Crippen LogP contribution in [0.4, 0.5) is 10.5 Å². The Balaban J connectivity index is 0.00000222. The molecule has 0 unspecified atom stereocenters. The number of non-ortho nitro benzene ring substituents is 1. The number of aromatic nitrogens is 1. The SMILES string of the molecule is CC.CCc1nc([C@H](Cc2ccc([N+](=O)[O-])cc2)NC(=O)[C@H](Cc2ccccc2)NC(=O)OC)cs1. The van der Waals surface area contributed by atoms with Crippen molar-refractivity contribution in [3.8, 4) is 0 Å². The highest BCUT2D eigenvalue weighted by Crippen LogP contribution is 2.23. The van der Waals surface area contributed by atoms with Crippen molar-refractivity contribution >= 4 is 29.0 Å². The Bertz CT molecular complexity index is 1120. The molecule has 0 saturated heterocycles. The van der Waals surface area contributed by atoms with Gasteiger partial charge in [0.2, 0.25) is 5.91 Å². The van der Waals surface area contributed by atoms with E-state index in [9.17, 15) is 19.7 Å². The highest BCUT2D eigenvalue weighted by Gasteiger charge is 2.26. The summed E-state index contributed by atoms with van der Waals surface area (Å²) in [5, 5.41) is 19.4. The zero-order valence-corrected chi connectivity index (χ0v) is 21.7. The minimum Gasteiger partial charge on any atom is -0.453 e. The van der Waals surface area contributed by atoms with Crippen LogP contribution in [0.25, 0.3) is 0 Å². The number of carbonyl (C=O) groups is 2. The van der Waals surface area contributed by atoms with E-state index in [0.717, 1.165) is 22.6 Å². The van der Waals surface area contributed by atoms with E-state index in [-0.39, 0.29) is 18.0 Å². The van der Waals surface area contributed by atoms with E-state index in [4.69, 9.17) is 4.74 Å². The maximum Gasteiger partial charge on any atom is 0.407 e. The first-order chi connectivity index (χ1) is 17.4. The molecule has 3 rings (SSSR count). The fourth-order valence-electron chi connectivity index (χ4n) is 3.40. The van der Waals surface area contributed by atoms with E-state index in [1.54, 1.807) is 12.1 Å². The molecular formula is C26H32N4O5S. The summed E-state index contributed by atoms with van der Waals surface area (Å²) in [5.41, 5.74) is 2.39. The second-order valence-corrected chi connectivity index (χ2v) is 8.53. The molecule has 3 aromatic rings. The van der Waals surface area contributed by atoms with Crippen LogP contribution in [0.3, 0.4) is 0 Å². The average Bonchev–Trinajstić information content (AvgIpc) is 3.39. The van der Waals surface area contributed by atoms with Crippen molar-refractivity contribution in [2.45, 2.75) is 52.1 Å². The lowest BCUT2D eigenvalue weighted by molar-refractivity contribution is -0.384. The van der Waals surface area contributed by atoms with Gasteiger partial charge in [-0.2, -0.15) is 0 Å². The summed E-state index contributed by atoms with van der Waals surface area (Å²) in [7, 11) is 1.24. The van der Waals surface area contributed by atoms with Gasteiger partial charge >= 0.3 is 6.09 Å². The molecule has 2 amide bonds. The zero-order valence-electron chi connectivity index (χ0n) is 20.9. The quantitative estimate of drug-likeness (QED) is 0.291. The number of aryl methyl sites for hydroxylation is 1. The lowest BCUT2D eigenvalue weighted by Gasteiger charge is -2.22. The van der Waals surface area contributed by atoms with Gasteiger partial charge in [-0.1, -0.05) is 63.2 Å². The molecule has 1 heterocycles. The summed E-state index contributed by atoms with van der Waals surface area (Å²) in [6, 6.07) is 14.2. The molecule has 0 aliphatic carbocycles. The lowest BCUT2D eigenvalue weighted by atomic mass is 10.0. The summed E-state index contributed by atoms with van der Waals surface area (Å²) in [6.45, 7) is 6.00. The van der Waals surface area contributed by atoms with Crippen LogP contribution in [0, 0.1) is 10.1 Å². The smallest absolute Gasteiger partial charge is 0.407 e. The first-order valence-electron chi connectivity index (χ1n) is 11.8. The van der Waals surface area contributed by atoms with Crippen molar-refractivity contribution < 1.29 is 19.2 Å². The van der Waals surface area contributed by atoms with Crippen molar-refractivity contribution in [2.24, 2.45) is 0 Å². The van der Waals surface area contributed by atoms with E-state index in [0.29, 0.717) is 12.1 Å². The van der Waals surface area contributed by atoms with Gasteiger partial charge in [0.1, 0.15) is 6.04 Å². The molecule has 10 heteroatoms. The third kappa shape index (κ3) is 8.46. The fraction of sp³-hybridized carbons (Fsp3) is 0.346. The Hall–Kier alpha value is -3.79. The molecule has 0 saturated carbocycles. The van der Waals surface area contributed by atoms with Gasteiger partial charge in [0, 0.05) is 23.9 Å². The van der Waals surface area contributed by atoms with Gasteiger partial charge in [0.25, 0.3) is 5.69 Å². The molecule has 0 fully saturated rings. The second-order valence-electron chi connectivity index (χ2n) is 7.59. The molecule has 0 radical (unpaired) electrons. The normalized spacial score (nSPS) is 11.9. The Morgan fingerprint density at radius 2 is 1.67 bits per heavy atom. The lowest BCUT2D eigenvalue weighted by Crippen LogP contribution is -2.49. The van der Waals surface area contributed by atoms with Crippen molar-refractivity contribution in [2.75, 3.05) is 7.11 Å². The number of nitro benzene ring substituents is 1. The highest BCUT2D eigenvalue weighted by molar-refractivity contribution is 7.09. The number of nitro groups is 1. The number of nitrogens with zero attached hydrogens (tertiary/aromatic N) is 2. The third-order valence-electron chi connectivity index (χ3n) is 5.21. The fourth-order valence-corrected chi connectivity index (χ4v) is 4.20. The molecule has 0 spiro atoms. The van der Waals surface area contributed by atoms with Crippen molar-refractivity contribution in [1.82, 2.24) is 15.6 Å². The number of alkyl carbamates (subject to hydrolysis) is 1. The predicted octanol–water partition coefficient (Wildman–Crippen LogP) is 5.01. The third-order valence-corrected chi connectivity index (χ3v) is 6.22. The summed E-state index contributed by atoms with van der Waals surface area (Å²) < 4.78 is 4.71. The molecule has 0 bridgehead atoms. The molecule has 36 heavy (non-hydrogen) atoms. The summed E-state index contributed by atoms with van der Waals surface area (Å²) in [6.07, 6.45) is 0.726. The van der Waals surface area contributed by atoms with Crippen LogP contribution in [0.5, 0.6) is 0 Å². The number of benzene rings is 2. The first kappa shape index (κ1) is 28.4. The minimum absolute atomic E-state index is 0.00327. The molecule has 2 atom stereocenters. The van der Waals surface area contributed by atoms with Crippen LogP contribution >= 0.6 is 11.3 Å². The number of nitrogens with one attached hydrogen (secondary N) is 2. The van der Waals surface area contributed by atoms with Crippen molar-refractivity contribution in [3.63, 3.8) is 0 Å². The standard InChI is InChI=1S/C24H26N4O5S.C2H6/c1-3-22-25-21(15-34-22)19(13-17-9-11-18(12-10-17)28(31)32)26-23(29)20(27-24(30)33-2)14-16-7-5-4-6-8-16;1-2/h4-12,15,19-20H,3,13-14H2,1-2H3,(H,26,29)(H,27,30);1-2H3/t19-,20-;/m0./s1. The molecule has 9 nitrogen and oxygen atoms in total. The van der Waals surface area contributed by atoms with Gasteiger partial charge in [0.15, 0.2) is 0 Å². The van der Waals surface area contributed by atoms with Gasteiger partial charge < -0.3 is 15.4 Å². The molecule has 0 aliphatic rings. The molecular weight excluding hydrogens is 480 g/mol. The highest BCUT2D eigenvalue weighted by atomic mass is 32.1. The van der Waals surface area contributed by atoms with Crippen LogP contribution in [0.15, 0.2) is 60.0 Å². The van der Waals surface area contributed by atoms with Gasteiger partial charge in [-0.25, -0.2) is 9.78 Å². The van der Waals surface area contributed by atoms with Crippen molar-refractivity contribution in [1.29, 1.82) is 0 Å². The number of methoxy groups -OCH3 is 1. The van der Waals surface area contributed by atoms with Crippen LogP contribution in [0.2, 0.25) is 0 Å². The Morgan fingerprint density at radius 3 is 2.22 bits per heavy atom. The maximum absolute atomic E-state index is 13.3. The van der Waals surface area contributed by atoms with E-state index >= 15 is 0 Å². The van der Waals surface area contributed by atoms with Gasteiger partial charge in [-0.05, 0) is 24.0 Å². The van der Waals surface area contributed by atoms with E-state index < -0.39 is 23.1 Å². The van der Waals surface area contributed by atoms with Crippen LogP contribution in [-0.2, 0) is 28.8 Å². The predicted molar refractivity (Wildman–Crippen MR) is 140 cm³/mol. The minimum atomic E-state index is -0.863. The van der Waals surface area contributed by atoms with Crippen LogP contribution in [0.1, 0.15) is 48.6 Å². The maximum atomic E-state index is 13.3. The molecule has 2 N–H and O–H groups in total. The summed E-state index contributed by atoms with van der Waals surface area (Å²) in [5.74, 6) is -0.382. The van der Waals surface area contributed by atoms with E-state index in [2.05, 4.69) is 15.6 Å².